The lowest BCUT2D eigenvalue weighted by Crippen LogP contribution is -2.43. The third-order valence-corrected chi connectivity index (χ3v) is 8.70. The van der Waals surface area contributed by atoms with Crippen LogP contribution in [0.25, 0.3) is 10.9 Å². The predicted molar refractivity (Wildman–Crippen MR) is 161 cm³/mol. The SMILES string of the molecule is Cc1ccc2[nH]c3c(c2c1)CC(C)OC31CCC(C(c2ccccc2)N(C)C)CC1.O=C(O)CC(O)(CC(=O)O)C(=O)O. The number of aromatic amines is 1. The van der Waals surface area contributed by atoms with Gasteiger partial charge in [-0.05, 0) is 82.8 Å². The van der Waals surface area contributed by atoms with E-state index in [0.29, 0.717) is 12.0 Å². The van der Waals surface area contributed by atoms with Gasteiger partial charge in [-0.3, -0.25) is 9.59 Å². The molecular formula is C33H42N2O8. The Hall–Kier alpha value is -3.73. The fraction of sp³-hybridized carbons (Fsp3) is 0.485. The molecule has 2 heterocycles. The molecule has 0 amide bonds. The van der Waals surface area contributed by atoms with Gasteiger partial charge in [0.25, 0.3) is 0 Å². The van der Waals surface area contributed by atoms with E-state index in [9.17, 15) is 14.4 Å². The van der Waals surface area contributed by atoms with Crippen LogP contribution < -0.4 is 0 Å². The van der Waals surface area contributed by atoms with E-state index >= 15 is 0 Å². The van der Waals surface area contributed by atoms with E-state index in [1.165, 1.54) is 46.1 Å². The van der Waals surface area contributed by atoms with Crippen molar-refractivity contribution in [1.29, 1.82) is 0 Å². The van der Waals surface area contributed by atoms with Gasteiger partial charge in [0.05, 0.1) is 24.6 Å². The average Bonchev–Trinajstić information content (AvgIpc) is 3.28. The summed E-state index contributed by atoms with van der Waals surface area (Å²) in [6.45, 7) is 4.44. The Labute approximate surface area is 251 Å². The zero-order valence-electron chi connectivity index (χ0n) is 25.2. The number of fused-ring (bicyclic) bond motifs is 4. The molecule has 2 aliphatic rings. The first-order chi connectivity index (χ1) is 20.2. The number of carboxylic acid groups (broad SMARTS) is 3. The maximum Gasteiger partial charge on any atom is 0.336 e. The van der Waals surface area contributed by atoms with E-state index in [1.54, 1.807) is 0 Å². The molecule has 1 spiro atoms. The van der Waals surface area contributed by atoms with Gasteiger partial charge < -0.3 is 35.0 Å². The Balaban J connectivity index is 0.000000277. The minimum Gasteiger partial charge on any atom is -0.481 e. The minimum absolute atomic E-state index is 0.149. The van der Waals surface area contributed by atoms with E-state index in [0.717, 1.165) is 19.3 Å². The standard InChI is InChI=1S/C27H34N2O.C6H8O7/c1-18-10-11-24-22(16-18)23-17-19(2)30-27(26(23)28-24)14-12-21(13-15-27)25(29(3)4)20-8-6-5-7-9-20;7-3(8)1-6(13,5(11)12)2-4(9)10/h5-11,16,19,21,25,28H,12-15,17H2,1-4H3;13H,1-2H2,(H,7,8)(H,9,10)(H,11,12). The van der Waals surface area contributed by atoms with Gasteiger partial charge >= 0.3 is 17.9 Å². The molecule has 10 nitrogen and oxygen atoms in total. The van der Waals surface area contributed by atoms with Crippen LogP contribution in [0.4, 0.5) is 0 Å². The predicted octanol–water partition coefficient (Wildman–Crippen LogP) is 4.88. The molecule has 1 saturated carbocycles. The van der Waals surface area contributed by atoms with Gasteiger partial charge in [0, 0.05) is 23.4 Å². The van der Waals surface area contributed by atoms with Crippen LogP contribution in [-0.4, -0.2) is 74.0 Å². The lowest BCUT2D eigenvalue weighted by molar-refractivity contribution is -0.170. The Bertz CT molecular complexity index is 1440. The second kappa shape index (κ2) is 12.9. The van der Waals surface area contributed by atoms with Gasteiger partial charge in [-0.1, -0.05) is 42.0 Å². The number of aliphatic carboxylic acids is 3. The summed E-state index contributed by atoms with van der Waals surface area (Å²) in [6.07, 6.45) is 3.57. The summed E-state index contributed by atoms with van der Waals surface area (Å²) < 4.78 is 6.75. The second-order valence-corrected chi connectivity index (χ2v) is 12.3. The molecule has 0 radical (unpaired) electrons. The van der Waals surface area contributed by atoms with Crippen LogP contribution in [-0.2, 0) is 31.1 Å². The summed E-state index contributed by atoms with van der Waals surface area (Å²) in [5.41, 5.74) is 4.00. The van der Waals surface area contributed by atoms with Crippen molar-refractivity contribution in [2.24, 2.45) is 5.92 Å². The molecule has 232 valence electrons. The summed E-state index contributed by atoms with van der Waals surface area (Å²) in [5, 5.41) is 35.2. The molecule has 1 aromatic heterocycles. The molecule has 2 atom stereocenters. The molecule has 5 N–H and O–H groups in total. The van der Waals surface area contributed by atoms with Crippen LogP contribution >= 0.6 is 0 Å². The number of aryl methyl sites for hydroxylation is 1. The highest BCUT2D eigenvalue weighted by molar-refractivity contribution is 5.88. The quantitative estimate of drug-likeness (QED) is 0.245. The Kier molecular flexibility index (Phi) is 9.63. The molecule has 1 aliphatic heterocycles. The Morgan fingerprint density at radius 2 is 1.63 bits per heavy atom. The van der Waals surface area contributed by atoms with Gasteiger partial charge in [0.2, 0.25) is 0 Å². The first-order valence-corrected chi connectivity index (χ1v) is 14.6. The lowest BCUT2D eigenvalue weighted by atomic mass is 9.71. The molecule has 5 rings (SSSR count). The number of aliphatic hydroxyl groups is 1. The molecule has 1 aliphatic carbocycles. The highest BCUT2D eigenvalue weighted by atomic mass is 16.5. The first-order valence-electron chi connectivity index (χ1n) is 14.6. The van der Waals surface area contributed by atoms with E-state index in [-0.39, 0.29) is 11.7 Å². The van der Waals surface area contributed by atoms with Crippen molar-refractivity contribution in [2.75, 3.05) is 14.1 Å². The Morgan fingerprint density at radius 3 is 2.16 bits per heavy atom. The molecule has 43 heavy (non-hydrogen) atoms. The van der Waals surface area contributed by atoms with Crippen LogP contribution in [0.3, 0.4) is 0 Å². The first kappa shape index (κ1) is 32.2. The van der Waals surface area contributed by atoms with Crippen molar-refractivity contribution in [1.82, 2.24) is 9.88 Å². The van der Waals surface area contributed by atoms with Crippen LogP contribution in [0.1, 0.15) is 73.9 Å². The monoisotopic (exact) mass is 594 g/mol. The number of benzene rings is 2. The van der Waals surface area contributed by atoms with Crippen molar-refractivity contribution in [3.8, 4) is 0 Å². The number of aromatic nitrogens is 1. The molecule has 0 bridgehead atoms. The number of carboxylic acids is 3. The molecule has 2 unspecified atom stereocenters. The number of nitrogens with one attached hydrogen (secondary N) is 1. The fourth-order valence-corrected chi connectivity index (χ4v) is 6.88. The van der Waals surface area contributed by atoms with Crippen molar-refractivity contribution >= 4 is 28.8 Å². The zero-order valence-corrected chi connectivity index (χ0v) is 25.2. The number of rotatable bonds is 8. The average molecular weight is 595 g/mol. The van der Waals surface area contributed by atoms with Crippen LogP contribution in [0.2, 0.25) is 0 Å². The molecule has 0 saturated heterocycles. The highest BCUT2D eigenvalue weighted by Gasteiger charge is 2.46. The van der Waals surface area contributed by atoms with Crippen molar-refractivity contribution < 1.29 is 39.5 Å². The van der Waals surface area contributed by atoms with Crippen LogP contribution in [0.15, 0.2) is 48.5 Å². The maximum atomic E-state index is 10.3. The zero-order chi connectivity index (χ0) is 31.5. The highest BCUT2D eigenvalue weighted by Crippen LogP contribution is 2.51. The summed E-state index contributed by atoms with van der Waals surface area (Å²) in [6, 6.07) is 18.3. The van der Waals surface area contributed by atoms with Crippen LogP contribution in [0.5, 0.6) is 0 Å². The number of hydrogen-bond acceptors (Lipinski definition) is 6. The largest absolute Gasteiger partial charge is 0.481 e. The van der Waals surface area contributed by atoms with E-state index < -0.39 is 36.4 Å². The van der Waals surface area contributed by atoms with E-state index in [1.807, 2.05) is 0 Å². The summed E-state index contributed by atoms with van der Waals surface area (Å²) >= 11 is 0. The lowest BCUT2D eigenvalue weighted by Gasteiger charge is -2.47. The van der Waals surface area contributed by atoms with Gasteiger partial charge in [-0.2, -0.15) is 0 Å². The van der Waals surface area contributed by atoms with Crippen molar-refractivity contribution in [3.63, 3.8) is 0 Å². The number of carbonyl (C=O) groups is 3. The normalized spacial score (nSPS) is 22.5. The fourth-order valence-electron chi connectivity index (χ4n) is 6.88. The topological polar surface area (TPSA) is 160 Å². The molecule has 1 fully saturated rings. The van der Waals surface area contributed by atoms with Crippen LogP contribution in [0, 0.1) is 12.8 Å². The summed E-state index contributed by atoms with van der Waals surface area (Å²) in [4.78, 5) is 36.7. The molecule has 2 aromatic carbocycles. The van der Waals surface area contributed by atoms with E-state index in [2.05, 4.69) is 86.4 Å². The smallest absolute Gasteiger partial charge is 0.336 e. The number of H-pyrrole nitrogens is 1. The molecule has 3 aromatic rings. The van der Waals surface area contributed by atoms with Crippen molar-refractivity contribution in [2.45, 2.75) is 82.1 Å². The van der Waals surface area contributed by atoms with Gasteiger partial charge in [-0.25, -0.2) is 4.79 Å². The number of hydrogen-bond donors (Lipinski definition) is 5. The second-order valence-electron chi connectivity index (χ2n) is 12.3. The molecular weight excluding hydrogens is 552 g/mol. The number of nitrogens with zero attached hydrogens (tertiary/aromatic N) is 1. The maximum absolute atomic E-state index is 10.3. The summed E-state index contributed by atoms with van der Waals surface area (Å²) in [5.74, 6) is -4.36. The van der Waals surface area contributed by atoms with Gasteiger partial charge in [0.15, 0.2) is 5.60 Å². The van der Waals surface area contributed by atoms with Gasteiger partial charge in [0.1, 0.15) is 5.60 Å². The summed E-state index contributed by atoms with van der Waals surface area (Å²) in [7, 11) is 4.44. The Morgan fingerprint density at radius 1 is 1.02 bits per heavy atom. The number of ether oxygens (including phenoxy) is 1. The van der Waals surface area contributed by atoms with Gasteiger partial charge in [-0.15, -0.1) is 0 Å². The van der Waals surface area contributed by atoms with E-state index in [4.69, 9.17) is 25.2 Å². The van der Waals surface area contributed by atoms with Crippen molar-refractivity contribution in [3.05, 3.63) is 70.9 Å². The third kappa shape index (κ3) is 7.09. The minimum atomic E-state index is -2.74. The molecule has 10 heteroatoms. The third-order valence-electron chi connectivity index (χ3n) is 8.70.